The molecule has 0 aromatic heterocycles. The summed E-state index contributed by atoms with van der Waals surface area (Å²) < 4.78 is 24.6. The molecule has 4 N–H and O–H groups in total. The van der Waals surface area contributed by atoms with Crippen LogP contribution in [0.1, 0.15) is 25.7 Å². The Kier molecular flexibility index (Phi) is 4.84. The minimum absolute atomic E-state index is 0.0195. The summed E-state index contributed by atoms with van der Waals surface area (Å²) in [5.74, 6) is -0.0588. The van der Waals surface area contributed by atoms with Gasteiger partial charge in [0.1, 0.15) is 0 Å². The molecule has 1 aromatic carbocycles. The molecule has 2 atom stereocenters. The fraction of sp³-hybridized carbons (Fsp3) is 0.500. The Hall–Kier alpha value is -1.60. The van der Waals surface area contributed by atoms with E-state index in [9.17, 15) is 13.2 Å². The van der Waals surface area contributed by atoms with E-state index < -0.39 is 10.0 Å². The highest BCUT2D eigenvalue weighted by molar-refractivity contribution is 7.92. The van der Waals surface area contributed by atoms with Gasteiger partial charge in [-0.3, -0.25) is 9.52 Å². The smallest absolute Gasteiger partial charge is 0.229 e. The minimum atomic E-state index is -3.29. The Morgan fingerprint density at radius 3 is 2.38 bits per heavy atom. The van der Waals surface area contributed by atoms with Crippen LogP contribution in [0.3, 0.4) is 0 Å². The van der Waals surface area contributed by atoms with Crippen LogP contribution < -0.4 is 15.8 Å². The normalized spacial score (nSPS) is 22.6. The van der Waals surface area contributed by atoms with Crippen molar-refractivity contribution in [2.75, 3.05) is 16.3 Å². The number of hydrogen-bond donors (Lipinski definition) is 3. The molecule has 1 aliphatic carbocycles. The quantitative estimate of drug-likeness (QED) is 0.784. The topological polar surface area (TPSA) is 101 Å². The lowest BCUT2D eigenvalue weighted by Gasteiger charge is -2.25. The molecule has 2 unspecified atom stereocenters. The van der Waals surface area contributed by atoms with Gasteiger partial charge in [0, 0.05) is 23.3 Å². The average molecular weight is 311 g/mol. The number of benzene rings is 1. The molecule has 21 heavy (non-hydrogen) atoms. The predicted octanol–water partition coefficient (Wildman–Crippen LogP) is 1.51. The van der Waals surface area contributed by atoms with E-state index in [0.717, 1.165) is 31.9 Å². The second kappa shape index (κ2) is 6.44. The number of amides is 1. The number of carbonyl (C=O) groups excluding carboxylic acids is 1. The summed E-state index contributed by atoms with van der Waals surface area (Å²) >= 11 is 0. The van der Waals surface area contributed by atoms with Crippen molar-refractivity contribution in [2.24, 2.45) is 11.7 Å². The highest BCUT2D eigenvalue weighted by Crippen LogP contribution is 2.24. The van der Waals surface area contributed by atoms with Crippen LogP contribution in [-0.4, -0.2) is 26.6 Å². The van der Waals surface area contributed by atoms with Crippen molar-refractivity contribution in [2.45, 2.75) is 31.7 Å². The van der Waals surface area contributed by atoms with Crippen LogP contribution in [-0.2, 0) is 14.8 Å². The molecule has 116 valence electrons. The van der Waals surface area contributed by atoms with Crippen molar-refractivity contribution < 1.29 is 13.2 Å². The third kappa shape index (κ3) is 5.02. The van der Waals surface area contributed by atoms with Gasteiger partial charge in [-0.2, -0.15) is 0 Å². The first kappa shape index (κ1) is 15.8. The molecule has 0 heterocycles. The second-order valence-corrected chi connectivity index (χ2v) is 7.31. The molecule has 0 aliphatic heterocycles. The monoisotopic (exact) mass is 311 g/mol. The van der Waals surface area contributed by atoms with Gasteiger partial charge in [0.25, 0.3) is 0 Å². The zero-order chi connectivity index (χ0) is 15.5. The fourth-order valence-corrected chi connectivity index (χ4v) is 3.11. The summed E-state index contributed by atoms with van der Waals surface area (Å²) in [6, 6.07) is 6.69. The van der Waals surface area contributed by atoms with E-state index in [0.29, 0.717) is 11.4 Å². The van der Waals surface area contributed by atoms with Crippen LogP contribution in [0.5, 0.6) is 0 Å². The van der Waals surface area contributed by atoms with Gasteiger partial charge in [-0.25, -0.2) is 8.42 Å². The van der Waals surface area contributed by atoms with Crippen molar-refractivity contribution in [3.05, 3.63) is 24.3 Å². The summed E-state index contributed by atoms with van der Waals surface area (Å²) in [6.45, 7) is 0. The second-order valence-electron chi connectivity index (χ2n) is 5.56. The number of nitrogens with two attached hydrogens (primary N) is 1. The molecule has 0 radical (unpaired) electrons. The predicted molar refractivity (Wildman–Crippen MR) is 83.5 cm³/mol. The van der Waals surface area contributed by atoms with Gasteiger partial charge in [0.15, 0.2) is 0 Å². The molecule has 1 amide bonds. The van der Waals surface area contributed by atoms with Crippen LogP contribution in [0.4, 0.5) is 11.4 Å². The van der Waals surface area contributed by atoms with Crippen molar-refractivity contribution in [1.29, 1.82) is 0 Å². The van der Waals surface area contributed by atoms with Gasteiger partial charge in [-0.05, 0) is 43.5 Å². The van der Waals surface area contributed by atoms with Crippen molar-refractivity contribution >= 4 is 27.3 Å². The molecule has 1 aliphatic rings. The Balaban J connectivity index is 1.95. The van der Waals surface area contributed by atoms with Gasteiger partial charge < -0.3 is 11.1 Å². The molecule has 6 nitrogen and oxygen atoms in total. The largest absolute Gasteiger partial charge is 0.328 e. The number of carbonyl (C=O) groups is 1. The third-order valence-corrected chi connectivity index (χ3v) is 4.15. The number of nitrogens with one attached hydrogen (secondary N) is 2. The van der Waals surface area contributed by atoms with E-state index in [1.807, 2.05) is 0 Å². The van der Waals surface area contributed by atoms with Crippen molar-refractivity contribution in [1.82, 2.24) is 0 Å². The lowest BCUT2D eigenvalue weighted by Crippen LogP contribution is -2.34. The van der Waals surface area contributed by atoms with Gasteiger partial charge in [0.05, 0.1) is 6.26 Å². The van der Waals surface area contributed by atoms with E-state index in [1.54, 1.807) is 24.3 Å². The van der Waals surface area contributed by atoms with Gasteiger partial charge in [0.2, 0.25) is 15.9 Å². The zero-order valence-electron chi connectivity index (χ0n) is 12.0. The summed E-state index contributed by atoms with van der Waals surface area (Å²) in [7, 11) is -3.29. The SMILES string of the molecule is CS(=O)(=O)Nc1ccc(NC(=O)C2CCCC(N)C2)cc1. The number of rotatable bonds is 4. The molecule has 1 saturated carbocycles. The summed E-state index contributed by atoms with van der Waals surface area (Å²) in [6.07, 6.45) is 4.65. The highest BCUT2D eigenvalue weighted by atomic mass is 32.2. The molecule has 2 rings (SSSR count). The molecule has 1 fully saturated rings. The van der Waals surface area contributed by atoms with Gasteiger partial charge in [-0.1, -0.05) is 6.42 Å². The maximum absolute atomic E-state index is 12.1. The Labute approximate surface area is 125 Å². The molecule has 0 bridgehead atoms. The molecule has 0 spiro atoms. The average Bonchev–Trinajstić information content (AvgIpc) is 2.39. The zero-order valence-corrected chi connectivity index (χ0v) is 12.8. The number of anilines is 2. The van der Waals surface area contributed by atoms with Crippen molar-refractivity contribution in [3.63, 3.8) is 0 Å². The van der Waals surface area contributed by atoms with Crippen LogP contribution in [0.15, 0.2) is 24.3 Å². The lowest BCUT2D eigenvalue weighted by atomic mass is 9.85. The minimum Gasteiger partial charge on any atom is -0.328 e. The molecule has 0 saturated heterocycles. The molecule has 7 heteroatoms. The maximum Gasteiger partial charge on any atom is 0.229 e. The highest BCUT2D eigenvalue weighted by Gasteiger charge is 2.25. The summed E-state index contributed by atoms with van der Waals surface area (Å²) in [5, 5.41) is 2.85. The first-order chi connectivity index (χ1) is 9.83. The first-order valence-electron chi connectivity index (χ1n) is 6.98. The maximum atomic E-state index is 12.1. The molecular weight excluding hydrogens is 290 g/mol. The number of sulfonamides is 1. The first-order valence-corrected chi connectivity index (χ1v) is 8.87. The van der Waals surface area contributed by atoms with Crippen LogP contribution in [0.25, 0.3) is 0 Å². The van der Waals surface area contributed by atoms with E-state index in [2.05, 4.69) is 10.0 Å². The number of hydrogen-bond acceptors (Lipinski definition) is 4. The lowest BCUT2D eigenvalue weighted by molar-refractivity contribution is -0.120. The van der Waals surface area contributed by atoms with E-state index in [4.69, 9.17) is 5.73 Å². The Morgan fingerprint density at radius 1 is 1.19 bits per heavy atom. The molecular formula is C14H21N3O3S. The van der Waals surface area contributed by atoms with E-state index >= 15 is 0 Å². The van der Waals surface area contributed by atoms with Crippen LogP contribution >= 0.6 is 0 Å². The van der Waals surface area contributed by atoms with Crippen LogP contribution in [0, 0.1) is 5.92 Å². The van der Waals surface area contributed by atoms with Crippen molar-refractivity contribution in [3.8, 4) is 0 Å². The van der Waals surface area contributed by atoms with Gasteiger partial charge in [-0.15, -0.1) is 0 Å². The van der Waals surface area contributed by atoms with Gasteiger partial charge >= 0.3 is 0 Å². The third-order valence-electron chi connectivity index (χ3n) is 3.54. The summed E-state index contributed by atoms with van der Waals surface area (Å²) in [4.78, 5) is 12.1. The molecule has 1 aromatic rings. The van der Waals surface area contributed by atoms with Crippen LogP contribution in [0.2, 0.25) is 0 Å². The Morgan fingerprint density at radius 2 is 1.81 bits per heavy atom. The summed E-state index contributed by atoms with van der Waals surface area (Å²) in [5.41, 5.74) is 7.01. The Bertz CT molecular complexity index is 598. The standard InChI is InChI=1S/C14H21N3O3S/c1-21(19,20)17-13-7-5-12(6-8-13)16-14(18)10-3-2-4-11(15)9-10/h5-8,10-11,17H,2-4,9,15H2,1H3,(H,16,18). The van der Waals surface area contributed by atoms with E-state index in [-0.39, 0.29) is 17.9 Å². The fourth-order valence-electron chi connectivity index (χ4n) is 2.55. The van der Waals surface area contributed by atoms with E-state index in [1.165, 1.54) is 0 Å².